The van der Waals surface area contributed by atoms with Crippen LogP contribution in [-0.4, -0.2) is 0 Å². The van der Waals surface area contributed by atoms with E-state index in [0.717, 1.165) is 25.7 Å². The molecule has 0 heteroatoms. The van der Waals surface area contributed by atoms with E-state index in [1.54, 1.807) is 22.3 Å². The van der Waals surface area contributed by atoms with Gasteiger partial charge in [-0.25, -0.2) is 0 Å². The molecule has 0 saturated heterocycles. The molecule has 0 heterocycles. The molecule has 0 aliphatic carbocycles. The SMILES string of the molecule is CCc1c(CC)c(CC)c2ccccc2c1CC. The lowest BCUT2D eigenvalue weighted by Crippen LogP contribution is -2.04. The minimum absolute atomic E-state index is 1.14. The third-order valence-electron chi connectivity index (χ3n) is 4.08. The Kier molecular flexibility index (Phi) is 4.06. The van der Waals surface area contributed by atoms with Crippen LogP contribution in [0, 0.1) is 0 Å². The summed E-state index contributed by atoms with van der Waals surface area (Å²) in [7, 11) is 0. The van der Waals surface area contributed by atoms with Crippen LogP contribution in [0.2, 0.25) is 0 Å². The normalized spacial score (nSPS) is 11.1. The molecule has 0 nitrogen and oxygen atoms in total. The second kappa shape index (κ2) is 5.56. The van der Waals surface area contributed by atoms with Gasteiger partial charge in [0.25, 0.3) is 0 Å². The number of rotatable bonds is 4. The molecule has 2 aromatic carbocycles. The molecule has 0 fully saturated rings. The van der Waals surface area contributed by atoms with E-state index in [4.69, 9.17) is 0 Å². The van der Waals surface area contributed by atoms with Gasteiger partial charge in [-0.05, 0) is 58.7 Å². The van der Waals surface area contributed by atoms with E-state index in [2.05, 4.69) is 52.0 Å². The topological polar surface area (TPSA) is 0 Å². The van der Waals surface area contributed by atoms with Gasteiger partial charge in [0.1, 0.15) is 0 Å². The Morgan fingerprint density at radius 3 is 1.17 bits per heavy atom. The molecule has 0 bridgehead atoms. The summed E-state index contributed by atoms with van der Waals surface area (Å²) in [5, 5.41) is 2.96. The minimum atomic E-state index is 1.14. The Hall–Kier alpha value is -1.30. The van der Waals surface area contributed by atoms with Gasteiger partial charge in [0.05, 0.1) is 0 Å². The van der Waals surface area contributed by atoms with E-state index in [0.29, 0.717) is 0 Å². The number of hydrogen-bond donors (Lipinski definition) is 0. The maximum Gasteiger partial charge on any atom is -0.0146 e. The lowest BCUT2D eigenvalue weighted by Gasteiger charge is -2.20. The van der Waals surface area contributed by atoms with Gasteiger partial charge < -0.3 is 0 Å². The van der Waals surface area contributed by atoms with Crippen molar-refractivity contribution in [2.75, 3.05) is 0 Å². The van der Waals surface area contributed by atoms with Gasteiger partial charge in [-0.1, -0.05) is 52.0 Å². The van der Waals surface area contributed by atoms with Crippen molar-refractivity contribution in [2.45, 2.75) is 53.4 Å². The lowest BCUT2D eigenvalue weighted by molar-refractivity contribution is 0.960. The van der Waals surface area contributed by atoms with Crippen molar-refractivity contribution >= 4 is 10.8 Å². The van der Waals surface area contributed by atoms with Crippen LogP contribution in [0.15, 0.2) is 24.3 Å². The Morgan fingerprint density at radius 2 is 0.889 bits per heavy atom. The van der Waals surface area contributed by atoms with Gasteiger partial charge in [0.15, 0.2) is 0 Å². The van der Waals surface area contributed by atoms with E-state index in [1.165, 1.54) is 10.8 Å². The predicted octanol–water partition coefficient (Wildman–Crippen LogP) is 5.09. The summed E-state index contributed by atoms with van der Waals surface area (Å²) in [6, 6.07) is 8.94. The summed E-state index contributed by atoms with van der Waals surface area (Å²) >= 11 is 0. The number of benzene rings is 2. The summed E-state index contributed by atoms with van der Waals surface area (Å²) in [6.07, 6.45) is 4.59. The average molecular weight is 240 g/mol. The molecule has 0 amide bonds. The highest BCUT2D eigenvalue weighted by molar-refractivity contribution is 5.91. The van der Waals surface area contributed by atoms with Crippen molar-refractivity contribution in [3.63, 3.8) is 0 Å². The smallest absolute Gasteiger partial charge is 0.0146 e. The Labute approximate surface area is 111 Å². The third-order valence-corrected chi connectivity index (χ3v) is 4.08. The zero-order valence-corrected chi connectivity index (χ0v) is 12.1. The maximum atomic E-state index is 2.30. The number of fused-ring (bicyclic) bond motifs is 1. The molecule has 0 saturated carbocycles. The van der Waals surface area contributed by atoms with Gasteiger partial charge in [-0.3, -0.25) is 0 Å². The second-order valence-electron chi connectivity index (χ2n) is 4.87. The molecule has 0 unspecified atom stereocenters. The second-order valence-corrected chi connectivity index (χ2v) is 4.87. The molecule has 2 rings (SSSR count). The van der Waals surface area contributed by atoms with Gasteiger partial charge in [0.2, 0.25) is 0 Å². The van der Waals surface area contributed by atoms with Crippen LogP contribution in [0.4, 0.5) is 0 Å². The quantitative estimate of drug-likeness (QED) is 0.698. The molecule has 18 heavy (non-hydrogen) atoms. The highest BCUT2D eigenvalue weighted by Crippen LogP contribution is 2.32. The number of aryl methyl sites for hydroxylation is 2. The molecular weight excluding hydrogens is 216 g/mol. The predicted molar refractivity (Wildman–Crippen MR) is 81.5 cm³/mol. The molecule has 0 atom stereocenters. The van der Waals surface area contributed by atoms with Gasteiger partial charge in [-0.2, -0.15) is 0 Å². The molecule has 96 valence electrons. The fraction of sp³-hybridized carbons (Fsp3) is 0.444. The molecule has 0 aliphatic heterocycles. The van der Waals surface area contributed by atoms with Crippen molar-refractivity contribution in [2.24, 2.45) is 0 Å². The van der Waals surface area contributed by atoms with Gasteiger partial charge in [-0.15, -0.1) is 0 Å². The first kappa shape index (κ1) is 13.1. The summed E-state index contributed by atoms with van der Waals surface area (Å²) in [5.74, 6) is 0. The maximum absolute atomic E-state index is 2.30. The first-order valence-electron chi connectivity index (χ1n) is 7.32. The fourth-order valence-electron chi connectivity index (χ4n) is 3.36. The van der Waals surface area contributed by atoms with Crippen molar-refractivity contribution in [1.29, 1.82) is 0 Å². The Bertz CT molecular complexity index is 499. The first-order valence-corrected chi connectivity index (χ1v) is 7.32. The average Bonchev–Trinajstić information content (AvgIpc) is 2.44. The van der Waals surface area contributed by atoms with E-state index in [1.807, 2.05) is 0 Å². The zero-order chi connectivity index (χ0) is 13.1. The largest absolute Gasteiger partial charge is 0.0616 e. The molecule has 0 radical (unpaired) electrons. The highest BCUT2D eigenvalue weighted by atomic mass is 14.2. The monoisotopic (exact) mass is 240 g/mol. The molecule has 0 aromatic heterocycles. The van der Waals surface area contributed by atoms with Crippen LogP contribution < -0.4 is 0 Å². The van der Waals surface area contributed by atoms with E-state index in [9.17, 15) is 0 Å². The van der Waals surface area contributed by atoms with Crippen LogP contribution >= 0.6 is 0 Å². The van der Waals surface area contributed by atoms with Gasteiger partial charge in [0, 0.05) is 0 Å². The van der Waals surface area contributed by atoms with Crippen molar-refractivity contribution in [3.05, 3.63) is 46.5 Å². The van der Waals surface area contributed by atoms with E-state index < -0.39 is 0 Å². The Morgan fingerprint density at radius 1 is 0.556 bits per heavy atom. The summed E-state index contributed by atoms with van der Waals surface area (Å²) in [6.45, 7) is 9.15. The third kappa shape index (κ3) is 1.94. The zero-order valence-electron chi connectivity index (χ0n) is 12.1. The van der Waals surface area contributed by atoms with Crippen LogP contribution in [0.3, 0.4) is 0 Å². The Balaban J connectivity index is 2.94. The molecular formula is C18H24. The number of hydrogen-bond acceptors (Lipinski definition) is 0. The lowest BCUT2D eigenvalue weighted by atomic mass is 9.85. The summed E-state index contributed by atoms with van der Waals surface area (Å²) in [5.41, 5.74) is 6.36. The van der Waals surface area contributed by atoms with E-state index >= 15 is 0 Å². The van der Waals surface area contributed by atoms with Crippen molar-refractivity contribution in [3.8, 4) is 0 Å². The van der Waals surface area contributed by atoms with Crippen molar-refractivity contribution < 1.29 is 0 Å². The molecule has 0 spiro atoms. The van der Waals surface area contributed by atoms with Crippen molar-refractivity contribution in [1.82, 2.24) is 0 Å². The summed E-state index contributed by atoms with van der Waals surface area (Å²) < 4.78 is 0. The standard InChI is InChI=1S/C18H24/c1-5-13-14(6-2)16(8-4)18-12-10-9-11-17(18)15(13)7-3/h9-12H,5-8H2,1-4H3. The molecule has 0 N–H and O–H groups in total. The van der Waals surface area contributed by atoms with Crippen LogP contribution in [0.1, 0.15) is 49.9 Å². The van der Waals surface area contributed by atoms with Crippen LogP contribution in [0.25, 0.3) is 10.8 Å². The van der Waals surface area contributed by atoms with Gasteiger partial charge >= 0.3 is 0 Å². The fourth-order valence-corrected chi connectivity index (χ4v) is 3.36. The highest BCUT2D eigenvalue weighted by Gasteiger charge is 2.14. The van der Waals surface area contributed by atoms with Crippen LogP contribution in [-0.2, 0) is 25.7 Å². The summed E-state index contributed by atoms with van der Waals surface area (Å²) in [4.78, 5) is 0. The first-order chi connectivity index (χ1) is 8.78. The molecule has 0 aliphatic rings. The van der Waals surface area contributed by atoms with E-state index in [-0.39, 0.29) is 0 Å². The molecule has 2 aromatic rings. The van der Waals surface area contributed by atoms with Crippen LogP contribution in [0.5, 0.6) is 0 Å². The minimum Gasteiger partial charge on any atom is -0.0616 e.